The van der Waals surface area contributed by atoms with Gasteiger partial charge in [0, 0.05) is 5.02 Å². The van der Waals surface area contributed by atoms with E-state index >= 15 is 0 Å². The Morgan fingerprint density at radius 2 is 2.24 bits per heavy atom. The second-order valence-electron chi connectivity index (χ2n) is 4.02. The molecule has 1 aromatic carbocycles. The summed E-state index contributed by atoms with van der Waals surface area (Å²) >= 11 is 5.95. The van der Waals surface area contributed by atoms with Crippen molar-refractivity contribution in [1.29, 1.82) is 0 Å². The van der Waals surface area contributed by atoms with E-state index in [9.17, 15) is 0 Å². The molecule has 1 atom stereocenters. The molecule has 2 rings (SSSR count). The van der Waals surface area contributed by atoms with E-state index in [1.54, 1.807) is 6.26 Å². The normalized spacial score (nSPS) is 12.6. The van der Waals surface area contributed by atoms with Crippen molar-refractivity contribution < 1.29 is 4.42 Å². The van der Waals surface area contributed by atoms with E-state index in [0.29, 0.717) is 0 Å². The summed E-state index contributed by atoms with van der Waals surface area (Å²) in [5.74, 6) is 6.44. The number of hydrazine groups is 1. The maximum atomic E-state index is 5.95. The number of nitrogens with two attached hydrogens (primary N) is 1. The molecular formula is C13H15ClN2O. The Bertz CT molecular complexity index is 496. The van der Waals surface area contributed by atoms with Crippen molar-refractivity contribution >= 4 is 11.6 Å². The van der Waals surface area contributed by atoms with Crippen molar-refractivity contribution in [3.8, 4) is 0 Å². The minimum atomic E-state index is -0.0385. The molecule has 17 heavy (non-hydrogen) atoms. The Morgan fingerprint density at radius 3 is 2.82 bits per heavy atom. The number of rotatable bonds is 4. The van der Waals surface area contributed by atoms with Crippen molar-refractivity contribution in [3.05, 3.63) is 58.5 Å². The van der Waals surface area contributed by atoms with Gasteiger partial charge >= 0.3 is 0 Å². The number of hydrogen-bond donors (Lipinski definition) is 2. The molecule has 1 aromatic heterocycles. The van der Waals surface area contributed by atoms with E-state index in [2.05, 4.69) is 5.43 Å². The van der Waals surface area contributed by atoms with Gasteiger partial charge in [0.05, 0.1) is 12.3 Å². The van der Waals surface area contributed by atoms with Crippen molar-refractivity contribution in [3.63, 3.8) is 0 Å². The molecule has 0 fully saturated rings. The molecule has 90 valence electrons. The molecule has 0 aliphatic rings. The van der Waals surface area contributed by atoms with Crippen molar-refractivity contribution in [2.45, 2.75) is 19.4 Å². The van der Waals surface area contributed by atoms with Crippen LogP contribution in [0.2, 0.25) is 5.02 Å². The fraction of sp³-hybridized carbons (Fsp3) is 0.231. The summed E-state index contributed by atoms with van der Waals surface area (Å²) in [6, 6.07) is 9.63. The molecule has 0 aliphatic heterocycles. The van der Waals surface area contributed by atoms with E-state index in [1.807, 2.05) is 37.3 Å². The summed E-state index contributed by atoms with van der Waals surface area (Å²) in [5.41, 5.74) is 4.99. The Balaban J connectivity index is 2.19. The van der Waals surface area contributed by atoms with Crippen LogP contribution in [0.4, 0.5) is 0 Å². The molecule has 0 aliphatic carbocycles. The monoisotopic (exact) mass is 250 g/mol. The number of halogens is 1. The van der Waals surface area contributed by atoms with E-state index in [-0.39, 0.29) is 6.04 Å². The van der Waals surface area contributed by atoms with Crippen LogP contribution >= 0.6 is 11.6 Å². The first kappa shape index (κ1) is 12.2. The quantitative estimate of drug-likeness (QED) is 0.648. The predicted octanol–water partition coefficient (Wildman–Crippen LogP) is 2.99. The minimum absolute atomic E-state index is 0.0385. The highest BCUT2D eigenvalue weighted by Gasteiger charge is 2.16. The molecule has 0 spiro atoms. The smallest absolute Gasteiger partial charge is 0.125 e. The number of benzene rings is 1. The lowest BCUT2D eigenvalue weighted by atomic mass is 10.0. The third-order valence-electron chi connectivity index (χ3n) is 2.75. The van der Waals surface area contributed by atoms with Crippen LogP contribution in [0.15, 0.2) is 41.0 Å². The Hall–Kier alpha value is -1.29. The van der Waals surface area contributed by atoms with Crippen LogP contribution in [0.1, 0.15) is 22.9 Å². The molecule has 0 bridgehead atoms. The molecule has 3 nitrogen and oxygen atoms in total. The molecule has 0 amide bonds. The molecule has 0 saturated carbocycles. The predicted molar refractivity (Wildman–Crippen MR) is 68.7 cm³/mol. The van der Waals surface area contributed by atoms with Gasteiger partial charge in [0.2, 0.25) is 0 Å². The standard InChI is InChI=1S/C13H15ClN2O/c1-9-5-6-17-13(9)12(16-15)8-10-3-2-4-11(14)7-10/h2-7,12,16H,8,15H2,1H3. The lowest BCUT2D eigenvalue weighted by Crippen LogP contribution is -2.29. The first-order valence-corrected chi connectivity index (χ1v) is 5.83. The van der Waals surface area contributed by atoms with Gasteiger partial charge in [-0.05, 0) is 42.7 Å². The fourth-order valence-electron chi connectivity index (χ4n) is 1.87. The molecule has 4 heteroatoms. The molecule has 1 heterocycles. The van der Waals surface area contributed by atoms with Crippen LogP contribution in [-0.4, -0.2) is 0 Å². The van der Waals surface area contributed by atoms with E-state index in [1.165, 1.54) is 0 Å². The molecule has 1 unspecified atom stereocenters. The van der Waals surface area contributed by atoms with Crippen LogP contribution in [0, 0.1) is 6.92 Å². The summed E-state index contributed by atoms with van der Waals surface area (Å²) in [6.45, 7) is 2.00. The van der Waals surface area contributed by atoms with Crippen LogP contribution in [0.25, 0.3) is 0 Å². The highest BCUT2D eigenvalue weighted by atomic mass is 35.5. The highest BCUT2D eigenvalue weighted by Crippen LogP contribution is 2.23. The second-order valence-corrected chi connectivity index (χ2v) is 4.46. The van der Waals surface area contributed by atoms with Gasteiger partial charge in [-0.1, -0.05) is 23.7 Å². The SMILES string of the molecule is Cc1ccoc1C(Cc1cccc(Cl)c1)NN. The molecule has 0 radical (unpaired) electrons. The third-order valence-corrected chi connectivity index (χ3v) is 2.98. The Morgan fingerprint density at radius 1 is 1.41 bits per heavy atom. The van der Waals surface area contributed by atoms with Crippen molar-refractivity contribution in [2.75, 3.05) is 0 Å². The fourth-order valence-corrected chi connectivity index (χ4v) is 2.08. The first-order valence-electron chi connectivity index (χ1n) is 5.45. The topological polar surface area (TPSA) is 51.2 Å². The molecule has 3 N–H and O–H groups in total. The van der Waals surface area contributed by atoms with E-state index in [4.69, 9.17) is 21.9 Å². The molecule has 2 aromatic rings. The zero-order chi connectivity index (χ0) is 12.3. The van der Waals surface area contributed by atoms with Crippen molar-refractivity contribution in [2.24, 2.45) is 5.84 Å². The third kappa shape index (κ3) is 2.88. The maximum absolute atomic E-state index is 5.95. The molecular weight excluding hydrogens is 236 g/mol. The molecule has 0 saturated heterocycles. The van der Waals surface area contributed by atoms with Gasteiger partial charge in [-0.2, -0.15) is 0 Å². The average molecular weight is 251 g/mol. The van der Waals surface area contributed by atoms with Gasteiger partial charge in [0.1, 0.15) is 5.76 Å². The number of nitrogens with one attached hydrogen (secondary N) is 1. The summed E-state index contributed by atoms with van der Waals surface area (Å²) in [4.78, 5) is 0. The zero-order valence-electron chi connectivity index (χ0n) is 9.61. The van der Waals surface area contributed by atoms with E-state index in [0.717, 1.165) is 28.3 Å². The number of hydrogen-bond acceptors (Lipinski definition) is 3. The lowest BCUT2D eigenvalue weighted by Gasteiger charge is -2.14. The van der Waals surface area contributed by atoms with Gasteiger partial charge < -0.3 is 4.42 Å². The van der Waals surface area contributed by atoms with Crippen LogP contribution in [0.3, 0.4) is 0 Å². The van der Waals surface area contributed by atoms with Gasteiger partial charge in [-0.15, -0.1) is 0 Å². The number of aryl methyl sites for hydroxylation is 1. The number of furan rings is 1. The van der Waals surface area contributed by atoms with Gasteiger partial charge in [0.25, 0.3) is 0 Å². The average Bonchev–Trinajstić information content (AvgIpc) is 2.72. The second kappa shape index (κ2) is 5.36. The largest absolute Gasteiger partial charge is 0.467 e. The van der Waals surface area contributed by atoms with E-state index < -0.39 is 0 Å². The maximum Gasteiger partial charge on any atom is 0.125 e. The lowest BCUT2D eigenvalue weighted by molar-refractivity contribution is 0.413. The minimum Gasteiger partial charge on any atom is -0.467 e. The summed E-state index contributed by atoms with van der Waals surface area (Å²) < 4.78 is 5.44. The first-order chi connectivity index (χ1) is 8.20. The summed E-state index contributed by atoms with van der Waals surface area (Å²) in [6.07, 6.45) is 2.42. The Labute approximate surface area is 106 Å². The van der Waals surface area contributed by atoms with Gasteiger partial charge in [-0.3, -0.25) is 5.84 Å². The summed E-state index contributed by atoms with van der Waals surface area (Å²) in [7, 11) is 0. The van der Waals surface area contributed by atoms with Crippen molar-refractivity contribution in [1.82, 2.24) is 5.43 Å². The summed E-state index contributed by atoms with van der Waals surface area (Å²) in [5, 5.41) is 0.731. The van der Waals surface area contributed by atoms with Crippen LogP contribution in [0.5, 0.6) is 0 Å². The zero-order valence-corrected chi connectivity index (χ0v) is 10.4. The van der Waals surface area contributed by atoms with Gasteiger partial charge in [-0.25, -0.2) is 5.43 Å². The van der Waals surface area contributed by atoms with Crippen LogP contribution < -0.4 is 11.3 Å². The van der Waals surface area contributed by atoms with Gasteiger partial charge in [0.15, 0.2) is 0 Å². The Kier molecular flexibility index (Phi) is 3.84. The highest BCUT2D eigenvalue weighted by molar-refractivity contribution is 6.30. The van der Waals surface area contributed by atoms with Crippen LogP contribution in [-0.2, 0) is 6.42 Å².